The first-order valence-corrected chi connectivity index (χ1v) is 11.1. The van der Waals surface area contributed by atoms with E-state index in [1.807, 2.05) is 35.2 Å². The number of nitrogens with zero attached hydrogens (tertiary/aromatic N) is 1. The van der Waals surface area contributed by atoms with E-state index < -0.39 is 0 Å². The van der Waals surface area contributed by atoms with E-state index in [2.05, 4.69) is 5.32 Å². The molecule has 2 aromatic carbocycles. The molecule has 0 spiro atoms. The number of hydrogen-bond donors (Lipinski definition) is 1. The third-order valence-corrected chi connectivity index (χ3v) is 6.12. The molecule has 2 aliphatic rings. The lowest BCUT2D eigenvalue weighted by molar-refractivity contribution is 0.0229. The number of nitrogens with one attached hydrogen (secondary N) is 1. The molecule has 2 aromatic rings. The van der Waals surface area contributed by atoms with Crippen LogP contribution in [0.15, 0.2) is 54.6 Å². The molecule has 1 heterocycles. The third-order valence-electron chi connectivity index (χ3n) is 6.12. The van der Waals surface area contributed by atoms with Crippen molar-refractivity contribution in [2.75, 3.05) is 18.0 Å². The Morgan fingerprint density at radius 3 is 2.10 bits per heavy atom. The molecule has 1 saturated carbocycles. The van der Waals surface area contributed by atoms with Gasteiger partial charge in [0.25, 0.3) is 5.91 Å². The van der Waals surface area contributed by atoms with Gasteiger partial charge in [-0.2, -0.15) is 0 Å². The number of carbonyl (C=O) groups is 2. The number of anilines is 1. The van der Waals surface area contributed by atoms with Gasteiger partial charge < -0.3 is 15.0 Å². The van der Waals surface area contributed by atoms with E-state index >= 15 is 0 Å². The Kier molecular flexibility index (Phi) is 6.80. The summed E-state index contributed by atoms with van der Waals surface area (Å²) >= 11 is 0. The van der Waals surface area contributed by atoms with Crippen molar-refractivity contribution >= 4 is 17.6 Å². The molecule has 1 saturated heterocycles. The van der Waals surface area contributed by atoms with Crippen LogP contribution in [0.5, 0.6) is 0 Å². The number of hydrogen-bond acceptors (Lipinski definition) is 4. The van der Waals surface area contributed by atoms with Crippen molar-refractivity contribution < 1.29 is 14.3 Å². The lowest BCUT2D eigenvalue weighted by Crippen LogP contribution is -2.41. The van der Waals surface area contributed by atoms with Gasteiger partial charge in [0.1, 0.15) is 6.10 Å². The zero-order valence-electron chi connectivity index (χ0n) is 17.4. The SMILES string of the molecule is O=C(OC1CCNCC1)c1ccc(C(=O)N(c2ccccc2)C2CCCCC2)cc1. The molecule has 4 rings (SSSR count). The van der Waals surface area contributed by atoms with Crippen molar-refractivity contribution in [1.29, 1.82) is 0 Å². The topological polar surface area (TPSA) is 58.6 Å². The predicted molar refractivity (Wildman–Crippen MR) is 118 cm³/mol. The highest BCUT2D eigenvalue weighted by Crippen LogP contribution is 2.29. The fourth-order valence-electron chi connectivity index (χ4n) is 4.44. The van der Waals surface area contributed by atoms with Gasteiger partial charge in [0, 0.05) is 17.3 Å². The standard InChI is InChI=1S/C25H30N2O3/c28-24(27(21-7-3-1-4-8-21)22-9-5-2-6-10-22)19-11-13-20(14-12-19)25(29)30-23-15-17-26-18-16-23/h1,3-4,7-8,11-14,22-23,26H,2,5-6,9-10,15-18H2. The van der Waals surface area contributed by atoms with Crippen molar-refractivity contribution in [1.82, 2.24) is 5.32 Å². The molecule has 0 aromatic heterocycles. The van der Waals surface area contributed by atoms with E-state index in [9.17, 15) is 9.59 Å². The largest absolute Gasteiger partial charge is 0.459 e. The second-order valence-corrected chi connectivity index (χ2v) is 8.23. The first kappa shape index (κ1) is 20.6. The predicted octanol–water partition coefficient (Wildman–Crippen LogP) is 4.57. The summed E-state index contributed by atoms with van der Waals surface area (Å²) in [5.74, 6) is -0.320. The Morgan fingerprint density at radius 1 is 0.800 bits per heavy atom. The first-order valence-electron chi connectivity index (χ1n) is 11.1. The van der Waals surface area contributed by atoms with Crippen LogP contribution in [0.3, 0.4) is 0 Å². The average Bonchev–Trinajstić information content (AvgIpc) is 2.81. The molecular formula is C25H30N2O3. The molecule has 1 aliphatic carbocycles. The molecule has 0 bridgehead atoms. The monoisotopic (exact) mass is 406 g/mol. The van der Waals surface area contributed by atoms with E-state index in [-0.39, 0.29) is 24.0 Å². The summed E-state index contributed by atoms with van der Waals surface area (Å²) in [6.45, 7) is 1.75. The van der Waals surface area contributed by atoms with E-state index in [1.165, 1.54) is 6.42 Å². The fraction of sp³-hybridized carbons (Fsp3) is 0.440. The molecule has 0 atom stereocenters. The number of carbonyl (C=O) groups excluding carboxylic acids is 2. The van der Waals surface area contributed by atoms with Crippen LogP contribution in [0.4, 0.5) is 5.69 Å². The number of ether oxygens (including phenoxy) is 1. The Morgan fingerprint density at radius 2 is 1.43 bits per heavy atom. The fourth-order valence-corrected chi connectivity index (χ4v) is 4.44. The minimum atomic E-state index is -0.312. The molecular weight excluding hydrogens is 376 g/mol. The summed E-state index contributed by atoms with van der Waals surface area (Å²) in [7, 11) is 0. The van der Waals surface area contributed by atoms with Gasteiger partial charge >= 0.3 is 5.97 Å². The molecule has 5 heteroatoms. The lowest BCUT2D eigenvalue weighted by Gasteiger charge is -2.34. The summed E-state index contributed by atoms with van der Waals surface area (Å²) in [6, 6.07) is 17.0. The number of para-hydroxylation sites is 1. The van der Waals surface area contributed by atoms with Crippen LogP contribution in [0.25, 0.3) is 0 Å². The maximum Gasteiger partial charge on any atom is 0.338 e. The summed E-state index contributed by atoms with van der Waals surface area (Å²) < 4.78 is 5.62. The van der Waals surface area contributed by atoms with Crippen LogP contribution in [-0.4, -0.2) is 37.1 Å². The van der Waals surface area contributed by atoms with E-state index in [0.717, 1.165) is 57.3 Å². The number of piperidine rings is 1. The second kappa shape index (κ2) is 9.90. The highest BCUT2D eigenvalue weighted by atomic mass is 16.5. The Balaban J connectivity index is 1.49. The third kappa shape index (κ3) is 4.90. The van der Waals surface area contributed by atoms with E-state index in [1.54, 1.807) is 24.3 Å². The number of esters is 1. The van der Waals surface area contributed by atoms with Crippen LogP contribution >= 0.6 is 0 Å². The number of rotatable bonds is 5. The normalized spacial score (nSPS) is 18.0. The van der Waals surface area contributed by atoms with Crippen LogP contribution in [0, 0.1) is 0 Å². The molecule has 30 heavy (non-hydrogen) atoms. The van der Waals surface area contributed by atoms with Crippen LogP contribution in [0.1, 0.15) is 65.7 Å². The minimum absolute atomic E-state index is 0.00799. The van der Waals surface area contributed by atoms with Gasteiger partial charge in [-0.25, -0.2) is 4.79 Å². The van der Waals surface area contributed by atoms with Gasteiger partial charge in [0.05, 0.1) is 5.56 Å². The van der Waals surface area contributed by atoms with Gasteiger partial charge in [0.2, 0.25) is 0 Å². The molecule has 158 valence electrons. The van der Waals surface area contributed by atoms with Gasteiger partial charge in [-0.15, -0.1) is 0 Å². The van der Waals surface area contributed by atoms with Crippen LogP contribution < -0.4 is 10.2 Å². The van der Waals surface area contributed by atoms with Gasteiger partial charge in [-0.3, -0.25) is 4.79 Å². The first-order chi connectivity index (χ1) is 14.7. The molecule has 0 radical (unpaired) electrons. The van der Waals surface area contributed by atoms with Crippen molar-refractivity contribution in [3.8, 4) is 0 Å². The molecule has 1 N–H and O–H groups in total. The number of benzene rings is 2. The maximum atomic E-state index is 13.4. The maximum absolute atomic E-state index is 13.4. The zero-order valence-corrected chi connectivity index (χ0v) is 17.4. The van der Waals surface area contributed by atoms with E-state index in [4.69, 9.17) is 4.74 Å². The quantitative estimate of drug-likeness (QED) is 0.739. The molecule has 2 fully saturated rings. The molecule has 1 aliphatic heterocycles. The Hall–Kier alpha value is -2.66. The smallest absolute Gasteiger partial charge is 0.338 e. The Bertz CT molecular complexity index is 838. The van der Waals surface area contributed by atoms with Crippen molar-refractivity contribution in [3.05, 3.63) is 65.7 Å². The highest BCUT2D eigenvalue weighted by Gasteiger charge is 2.28. The molecule has 5 nitrogen and oxygen atoms in total. The van der Waals surface area contributed by atoms with Gasteiger partial charge in [-0.05, 0) is 75.2 Å². The van der Waals surface area contributed by atoms with Crippen molar-refractivity contribution in [2.45, 2.75) is 57.1 Å². The number of amides is 1. The van der Waals surface area contributed by atoms with Crippen LogP contribution in [0.2, 0.25) is 0 Å². The minimum Gasteiger partial charge on any atom is -0.459 e. The molecule has 1 amide bonds. The summed E-state index contributed by atoms with van der Waals surface area (Å²) in [4.78, 5) is 27.9. The molecule has 0 unspecified atom stereocenters. The Labute approximate surface area is 178 Å². The zero-order chi connectivity index (χ0) is 20.8. The summed E-state index contributed by atoms with van der Waals surface area (Å²) in [6.07, 6.45) is 7.26. The lowest BCUT2D eigenvalue weighted by atomic mass is 9.93. The summed E-state index contributed by atoms with van der Waals surface area (Å²) in [5, 5.41) is 3.27. The van der Waals surface area contributed by atoms with Gasteiger partial charge in [0.15, 0.2) is 0 Å². The highest BCUT2D eigenvalue weighted by molar-refractivity contribution is 6.07. The van der Waals surface area contributed by atoms with Crippen molar-refractivity contribution in [3.63, 3.8) is 0 Å². The van der Waals surface area contributed by atoms with E-state index in [0.29, 0.717) is 11.1 Å². The average molecular weight is 407 g/mol. The van der Waals surface area contributed by atoms with Crippen LogP contribution in [-0.2, 0) is 4.74 Å². The summed E-state index contributed by atoms with van der Waals surface area (Å²) in [5.41, 5.74) is 2.03. The second-order valence-electron chi connectivity index (χ2n) is 8.23. The van der Waals surface area contributed by atoms with Crippen molar-refractivity contribution in [2.24, 2.45) is 0 Å². The van der Waals surface area contributed by atoms with Gasteiger partial charge in [-0.1, -0.05) is 37.5 Å².